The number of carbonyl (C=O) groups is 1. The summed E-state index contributed by atoms with van der Waals surface area (Å²) in [6, 6.07) is 6.78. The molecular weight excluding hydrogens is 614 g/mol. The summed E-state index contributed by atoms with van der Waals surface area (Å²) in [5.41, 5.74) is 3.85. The van der Waals surface area contributed by atoms with Gasteiger partial charge in [-0.15, -0.1) is 11.3 Å². The van der Waals surface area contributed by atoms with Gasteiger partial charge in [-0.2, -0.15) is 0 Å². The van der Waals surface area contributed by atoms with Gasteiger partial charge in [-0.05, 0) is 38.5 Å². The fraction of sp³-hybridized carbons (Fsp3) is 0.286. The lowest BCUT2D eigenvalue weighted by Gasteiger charge is -2.15. The van der Waals surface area contributed by atoms with Crippen molar-refractivity contribution < 1.29 is 37.7 Å². The summed E-state index contributed by atoms with van der Waals surface area (Å²) >= 11 is 1.37. The molecule has 2 aromatic carbocycles. The number of rotatable bonds is 12. The maximum absolute atomic E-state index is 15.0. The molecule has 230 valence electrons. The fourth-order valence-corrected chi connectivity index (χ4v) is 5.38. The van der Waals surface area contributed by atoms with Gasteiger partial charge in [-0.3, -0.25) is 5.32 Å². The smallest absolute Gasteiger partial charge is 0.411 e. The monoisotopic (exact) mass is 642 g/mol. The number of nitrogens with one attached hydrogen (secondary N) is 1. The van der Waals surface area contributed by atoms with E-state index in [1.54, 1.807) is 19.2 Å². The minimum atomic E-state index is -2.44. The van der Waals surface area contributed by atoms with Gasteiger partial charge < -0.3 is 28.5 Å². The Bertz CT molecular complexity index is 1780. The molecule has 0 saturated heterocycles. The van der Waals surface area contributed by atoms with E-state index in [0.717, 1.165) is 11.1 Å². The van der Waals surface area contributed by atoms with E-state index in [9.17, 15) is 9.18 Å². The number of benzene rings is 2. The lowest BCUT2D eigenvalue weighted by molar-refractivity contribution is 0.0969. The Balaban J connectivity index is 1.21. The van der Waals surface area contributed by atoms with Crippen molar-refractivity contribution in [2.24, 2.45) is 0 Å². The topological polar surface area (TPSA) is 171 Å². The van der Waals surface area contributed by atoms with Crippen molar-refractivity contribution in [3.05, 3.63) is 60.1 Å². The number of anilines is 1. The number of amides is 1. The van der Waals surface area contributed by atoms with Crippen molar-refractivity contribution >= 4 is 53.0 Å². The summed E-state index contributed by atoms with van der Waals surface area (Å²) in [5, 5.41) is 3.15. The van der Waals surface area contributed by atoms with Crippen molar-refractivity contribution in [1.29, 1.82) is 0 Å². The van der Waals surface area contributed by atoms with E-state index in [1.165, 1.54) is 29.8 Å². The number of aryl methyl sites for hydroxylation is 1. The van der Waals surface area contributed by atoms with E-state index in [-0.39, 0.29) is 25.4 Å². The second-order valence-corrected chi connectivity index (χ2v) is 11.3. The predicted octanol–water partition coefficient (Wildman–Crippen LogP) is 5.33. The predicted molar refractivity (Wildman–Crippen MR) is 162 cm³/mol. The molecule has 1 amide bonds. The van der Waals surface area contributed by atoms with Crippen LogP contribution >= 0.6 is 19.9 Å². The number of aromatic nitrogens is 5. The first kappa shape index (κ1) is 31.3. The molecule has 0 radical (unpaired) electrons. The molecule has 1 unspecified atom stereocenters. The molecule has 3 aromatic heterocycles. The van der Waals surface area contributed by atoms with Crippen molar-refractivity contribution in [1.82, 2.24) is 24.9 Å². The molecule has 44 heavy (non-hydrogen) atoms. The fourth-order valence-electron chi connectivity index (χ4n) is 4.13. The maximum atomic E-state index is 15.0. The van der Waals surface area contributed by atoms with Crippen LogP contribution in [0, 0.1) is 12.7 Å². The molecule has 0 fully saturated rings. The zero-order chi connectivity index (χ0) is 31.2. The number of thiazole rings is 1. The van der Waals surface area contributed by atoms with Crippen molar-refractivity contribution in [3.8, 4) is 22.2 Å². The van der Waals surface area contributed by atoms with Gasteiger partial charge in [0, 0.05) is 24.1 Å². The molecule has 5 rings (SSSR count). The van der Waals surface area contributed by atoms with Gasteiger partial charge in [0.05, 0.1) is 58.7 Å². The molecular formula is C28H28FN6O7PS. The molecule has 3 heterocycles. The molecule has 16 heteroatoms. The summed E-state index contributed by atoms with van der Waals surface area (Å²) < 4.78 is 36.8. The quantitative estimate of drug-likeness (QED) is 0.150. The number of nitrogens with zero attached hydrogens (tertiary/aromatic N) is 5. The lowest BCUT2D eigenvalue weighted by Crippen LogP contribution is -2.24. The highest BCUT2D eigenvalue weighted by molar-refractivity contribution is 7.39. The van der Waals surface area contributed by atoms with Crippen LogP contribution in [0.5, 0.6) is 11.6 Å². The van der Waals surface area contributed by atoms with Crippen LogP contribution in [0.4, 0.5) is 14.9 Å². The standard InChI is InChI=1S/C28H28FN6O7PS/c1-4-39-25-13-32-26-18(7-15(2)8-21(26)34-25)27-35-20-9-19(29)22(10-23(20)44-27)42-16(3)14-40-28(36)33-17-11-30-24(31-12-17)5-6-41-43(37)38/h7-13,16,37-38H,4-6,14H2,1-3H3,(H,33,36). The molecule has 0 aliphatic rings. The molecule has 0 aliphatic heterocycles. The van der Waals surface area contributed by atoms with E-state index in [0.29, 0.717) is 50.3 Å². The van der Waals surface area contributed by atoms with Gasteiger partial charge in [0.25, 0.3) is 0 Å². The second-order valence-electron chi connectivity index (χ2n) is 9.47. The molecule has 0 bridgehead atoms. The van der Waals surface area contributed by atoms with Crippen LogP contribution in [0.25, 0.3) is 31.8 Å². The third-order valence-corrected chi connectivity index (χ3v) is 7.46. The molecule has 3 N–H and O–H groups in total. The van der Waals surface area contributed by atoms with Gasteiger partial charge >= 0.3 is 14.7 Å². The van der Waals surface area contributed by atoms with Crippen LogP contribution < -0.4 is 14.8 Å². The third-order valence-electron chi connectivity index (χ3n) is 6.00. The number of halogens is 1. The summed E-state index contributed by atoms with van der Waals surface area (Å²) in [6.07, 6.45) is 3.15. The minimum Gasteiger partial charge on any atom is -0.484 e. The molecule has 0 spiro atoms. The molecule has 1 atom stereocenters. The van der Waals surface area contributed by atoms with Gasteiger partial charge in [0.1, 0.15) is 23.5 Å². The van der Waals surface area contributed by atoms with Crippen LogP contribution in [0.2, 0.25) is 0 Å². The van der Waals surface area contributed by atoms with E-state index in [1.807, 2.05) is 26.0 Å². The lowest BCUT2D eigenvalue weighted by atomic mass is 10.1. The van der Waals surface area contributed by atoms with Crippen LogP contribution in [-0.4, -0.2) is 66.7 Å². The summed E-state index contributed by atoms with van der Waals surface area (Å²) in [5.74, 6) is 0.237. The van der Waals surface area contributed by atoms with E-state index >= 15 is 0 Å². The van der Waals surface area contributed by atoms with Crippen molar-refractivity contribution in [3.63, 3.8) is 0 Å². The van der Waals surface area contributed by atoms with Crippen LogP contribution in [0.1, 0.15) is 25.2 Å². The number of hydrogen-bond acceptors (Lipinski definition) is 13. The Morgan fingerprint density at radius 2 is 1.89 bits per heavy atom. The zero-order valence-electron chi connectivity index (χ0n) is 23.9. The second kappa shape index (κ2) is 14.1. The van der Waals surface area contributed by atoms with Crippen LogP contribution in [0.3, 0.4) is 0 Å². The molecule has 0 saturated carbocycles. The number of ether oxygens (including phenoxy) is 3. The minimum absolute atomic E-state index is 0.00221. The van der Waals surface area contributed by atoms with Gasteiger partial charge in [0.2, 0.25) is 5.88 Å². The normalized spacial score (nSPS) is 12.1. The van der Waals surface area contributed by atoms with Crippen molar-refractivity contribution in [2.45, 2.75) is 33.3 Å². The first-order valence-corrected chi connectivity index (χ1v) is 15.4. The SMILES string of the molecule is CCOc1cnc2c(-c3nc4cc(F)c(OC(C)COC(=O)Nc5cnc(CCOP(O)O)nc5)cc4s3)cc(C)cc2n1. The van der Waals surface area contributed by atoms with Crippen LogP contribution in [-0.2, 0) is 15.7 Å². The highest BCUT2D eigenvalue weighted by Crippen LogP contribution is 2.37. The van der Waals surface area contributed by atoms with E-state index in [2.05, 4.69) is 34.8 Å². The van der Waals surface area contributed by atoms with Gasteiger partial charge in [-0.25, -0.2) is 34.1 Å². The highest BCUT2D eigenvalue weighted by atomic mass is 32.1. The summed E-state index contributed by atoms with van der Waals surface area (Å²) in [7, 11) is -2.44. The van der Waals surface area contributed by atoms with Crippen molar-refractivity contribution in [2.75, 3.05) is 25.1 Å². The van der Waals surface area contributed by atoms with E-state index in [4.69, 9.17) is 24.0 Å². The van der Waals surface area contributed by atoms with Gasteiger partial charge in [-0.1, -0.05) is 0 Å². The largest absolute Gasteiger partial charge is 0.484 e. The summed E-state index contributed by atoms with van der Waals surface area (Å²) in [4.78, 5) is 51.6. The first-order valence-electron chi connectivity index (χ1n) is 13.4. The Labute approximate surface area is 256 Å². The number of hydrogen-bond donors (Lipinski definition) is 3. The van der Waals surface area contributed by atoms with Gasteiger partial charge in [0.15, 0.2) is 11.6 Å². The zero-order valence-corrected chi connectivity index (χ0v) is 25.6. The molecule has 5 aromatic rings. The third kappa shape index (κ3) is 7.87. The Morgan fingerprint density at radius 3 is 2.64 bits per heavy atom. The maximum Gasteiger partial charge on any atom is 0.411 e. The average Bonchev–Trinajstić information content (AvgIpc) is 3.39. The first-order chi connectivity index (χ1) is 21.2. The molecule has 13 nitrogen and oxygen atoms in total. The average molecular weight is 643 g/mol. The Morgan fingerprint density at radius 1 is 1.09 bits per heavy atom. The number of carbonyl (C=O) groups excluding carboxylic acids is 1. The number of fused-ring (bicyclic) bond motifs is 2. The highest BCUT2D eigenvalue weighted by Gasteiger charge is 2.18. The molecule has 0 aliphatic carbocycles. The van der Waals surface area contributed by atoms with Crippen LogP contribution in [0.15, 0.2) is 42.9 Å². The van der Waals surface area contributed by atoms with E-state index < -0.39 is 26.6 Å². The Kier molecular flexibility index (Phi) is 10.0. The Hall–Kier alpha value is -4.14. The summed E-state index contributed by atoms with van der Waals surface area (Å²) in [6.45, 7) is 5.84.